The lowest BCUT2D eigenvalue weighted by Crippen LogP contribution is -2.43. The fourth-order valence-corrected chi connectivity index (χ4v) is 3.86. The van der Waals surface area contributed by atoms with Gasteiger partial charge in [0.25, 0.3) is 0 Å². The molecule has 2 N–H and O–H groups in total. The second kappa shape index (κ2) is 11.4. The van der Waals surface area contributed by atoms with Crippen molar-refractivity contribution in [1.29, 1.82) is 0 Å². The molecular formula is C21H40N6O. The summed E-state index contributed by atoms with van der Waals surface area (Å²) in [5.74, 6) is 1.60. The van der Waals surface area contributed by atoms with Crippen molar-refractivity contribution in [3.63, 3.8) is 0 Å². The average molecular weight is 393 g/mol. The predicted octanol–water partition coefficient (Wildman–Crippen LogP) is 1.88. The minimum Gasteiger partial charge on any atom is -0.383 e. The SMILES string of the molecule is CCNC(=NCC1CCN(CCOC)CC1)NC(C)Cc1c(C)nn(C)c1C. The van der Waals surface area contributed by atoms with Crippen LogP contribution in [0.4, 0.5) is 0 Å². The van der Waals surface area contributed by atoms with Gasteiger partial charge in [0.2, 0.25) is 0 Å². The highest BCUT2D eigenvalue weighted by Crippen LogP contribution is 2.17. The summed E-state index contributed by atoms with van der Waals surface area (Å²) in [5, 5.41) is 11.5. The minimum absolute atomic E-state index is 0.301. The Balaban J connectivity index is 1.85. The highest BCUT2D eigenvalue weighted by Gasteiger charge is 2.19. The van der Waals surface area contributed by atoms with Crippen LogP contribution in [0.5, 0.6) is 0 Å². The lowest BCUT2D eigenvalue weighted by atomic mass is 9.97. The van der Waals surface area contributed by atoms with Gasteiger partial charge in [0.05, 0.1) is 12.3 Å². The summed E-state index contributed by atoms with van der Waals surface area (Å²) in [4.78, 5) is 7.38. The molecule has 7 nitrogen and oxygen atoms in total. The highest BCUT2D eigenvalue weighted by atomic mass is 16.5. The lowest BCUT2D eigenvalue weighted by molar-refractivity contribution is 0.121. The first-order chi connectivity index (χ1) is 13.4. The van der Waals surface area contributed by atoms with Crippen LogP contribution >= 0.6 is 0 Å². The molecule has 0 bridgehead atoms. The summed E-state index contributed by atoms with van der Waals surface area (Å²) in [5.41, 5.74) is 3.70. The Morgan fingerprint density at radius 1 is 1.32 bits per heavy atom. The number of guanidine groups is 1. The summed E-state index contributed by atoms with van der Waals surface area (Å²) in [6.07, 6.45) is 3.39. The summed E-state index contributed by atoms with van der Waals surface area (Å²) in [6, 6.07) is 0.301. The van der Waals surface area contributed by atoms with Gasteiger partial charge in [-0.3, -0.25) is 9.67 Å². The van der Waals surface area contributed by atoms with Crippen LogP contribution in [0.15, 0.2) is 4.99 Å². The van der Waals surface area contributed by atoms with Gasteiger partial charge in [0, 0.05) is 45.5 Å². The van der Waals surface area contributed by atoms with Gasteiger partial charge in [-0.05, 0) is 71.5 Å². The topological polar surface area (TPSA) is 66.7 Å². The van der Waals surface area contributed by atoms with Crippen LogP contribution in [-0.4, -0.2) is 73.1 Å². The van der Waals surface area contributed by atoms with Crippen molar-refractivity contribution in [1.82, 2.24) is 25.3 Å². The second-order valence-corrected chi connectivity index (χ2v) is 8.02. The van der Waals surface area contributed by atoms with Crippen LogP contribution in [0.25, 0.3) is 0 Å². The molecule has 2 rings (SSSR count). The van der Waals surface area contributed by atoms with Crippen molar-refractivity contribution < 1.29 is 4.74 Å². The van der Waals surface area contributed by atoms with E-state index in [0.717, 1.165) is 57.4 Å². The van der Waals surface area contributed by atoms with E-state index in [1.165, 1.54) is 24.1 Å². The van der Waals surface area contributed by atoms with Crippen LogP contribution in [-0.2, 0) is 18.2 Å². The van der Waals surface area contributed by atoms with E-state index in [1.54, 1.807) is 7.11 Å². The number of hydrogen-bond donors (Lipinski definition) is 2. The predicted molar refractivity (Wildman–Crippen MR) is 116 cm³/mol. The highest BCUT2D eigenvalue weighted by molar-refractivity contribution is 5.80. The smallest absolute Gasteiger partial charge is 0.191 e. The standard InChI is InChI=1S/C21H40N6O/c1-7-22-21(23-15-19-8-10-27(11-9-19)12-13-28-6)24-16(2)14-20-17(3)25-26(5)18(20)4/h16,19H,7-15H2,1-6H3,(H2,22,23,24). The molecule has 0 spiro atoms. The maximum Gasteiger partial charge on any atom is 0.191 e. The first-order valence-electron chi connectivity index (χ1n) is 10.7. The van der Waals surface area contributed by atoms with E-state index < -0.39 is 0 Å². The molecule has 160 valence electrons. The van der Waals surface area contributed by atoms with Crippen molar-refractivity contribution in [3.8, 4) is 0 Å². The fourth-order valence-electron chi connectivity index (χ4n) is 3.86. The third-order valence-electron chi connectivity index (χ3n) is 5.72. The Morgan fingerprint density at radius 2 is 2.04 bits per heavy atom. The molecule has 7 heteroatoms. The summed E-state index contributed by atoms with van der Waals surface area (Å²) < 4.78 is 7.16. The van der Waals surface area contributed by atoms with Crippen molar-refractivity contribution in [2.75, 3.05) is 46.4 Å². The number of aromatic nitrogens is 2. The normalized spacial score (nSPS) is 17.7. The minimum atomic E-state index is 0.301. The largest absolute Gasteiger partial charge is 0.383 e. The van der Waals surface area contributed by atoms with Crippen molar-refractivity contribution in [2.45, 2.75) is 53.0 Å². The van der Waals surface area contributed by atoms with Gasteiger partial charge in [-0.15, -0.1) is 0 Å². The molecule has 0 aliphatic carbocycles. The van der Waals surface area contributed by atoms with Crippen LogP contribution in [0, 0.1) is 19.8 Å². The van der Waals surface area contributed by atoms with Gasteiger partial charge < -0.3 is 20.3 Å². The molecule has 2 heterocycles. The molecule has 1 aromatic rings. The number of hydrogen-bond acceptors (Lipinski definition) is 4. The molecule has 0 amide bonds. The van der Waals surface area contributed by atoms with Gasteiger partial charge in [0.15, 0.2) is 5.96 Å². The lowest BCUT2D eigenvalue weighted by Gasteiger charge is -2.31. The van der Waals surface area contributed by atoms with E-state index in [1.807, 2.05) is 11.7 Å². The van der Waals surface area contributed by atoms with E-state index in [0.29, 0.717) is 12.0 Å². The van der Waals surface area contributed by atoms with E-state index >= 15 is 0 Å². The number of aliphatic imine (C=N–C) groups is 1. The number of aryl methyl sites for hydroxylation is 2. The third kappa shape index (κ3) is 6.78. The fraction of sp³-hybridized carbons (Fsp3) is 0.810. The van der Waals surface area contributed by atoms with Gasteiger partial charge in [-0.25, -0.2) is 0 Å². The maximum absolute atomic E-state index is 5.19. The summed E-state index contributed by atoms with van der Waals surface area (Å²) >= 11 is 0. The monoisotopic (exact) mass is 392 g/mol. The van der Waals surface area contributed by atoms with E-state index in [4.69, 9.17) is 9.73 Å². The molecule has 1 aromatic heterocycles. The van der Waals surface area contributed by atoms with Crippen molar-refractivity contribution >= 4 is 5.96 Å². The van der Waals surface area contributed by atoms with Gasteiger partial charge in [-0.1, -0.05) is 0 Å². The molecule has 1 atom stereocenters. The van der Waals surface area contributed by atoms with Gasteiger partial charge >= 0.3 is 0 Å². The molecule has 1 aliphatic heterocycles. The van der Waals surface area contributed by atoms with Crippen molar-refractivity contribution in [2.24, 2.45) is 18.0 Å². The van der Waals surface area contributed by atoms with Gasteiger partial charge in [-0.2, -0.15) is 5.10 Å². The first-order valence-corrected chi connectivity index (χ1v) is 10.7. The molecule has 0 saturated carbocycles. The molecule has 1 unspecified atom stereocenters. The van der Waals surface area contributed by atoms with Crippen molar-refractivity contribution in [3.05, 3.63) is 17.0 Å². The molecule has 1 aliphatic rings. The Hall–Kier alpha value is -1.60. The average Bonchev–Trinajstić information content (AvgIpc) is 2.91. The molecule has 0 aromatic carbocycles. The quantitative estimate of drug-likeness (QED) is 0.496. The van der Waals surface area contributed by atoms with E-state index in [-0.39, 0.29) is 0 Å². The zero-order valence-electron chi connectivity index (χ0n) is 18.7. The number of nitrogens with zero attached hydrogens (tertiary/aromatic N) is 4. The van der Waals surface area contributed by atoms with Crippen LogP contribution in [0.3, 0.4) is 0 Å². The Kier molecular flexibility index (Phi) is 9.25. The second-order valence-electron chi connectivity index (χ2n) is 8.02. The Morgan fingerprint density at radius 3 is 2.61 bits per heavy atom. The molecule has 1 fully saturated rings. The van der Waals surface area contributed by atoms with Crippen LogP contribution in [0.2, 0.25) is 0 Å². The van der Waals surface area contributed by atoms with E-state index in [9.17, 15) is 0 Å². The first kappa shape index (κ1) is 22.7. The number of ether oxygens (including phenoxy) is 1. The Bertz CT molecular complexity index is 619. The zero-order valence-corrected chi connectivity index (χ0v) is 18.7. The molecule has 28 heavy (non-hydrogen) atoms. The number of methoxy groups -OCH3 is 1. The maximum atomic E-state index is 5.19. The summed E-state index contributed by atoms with van der Waals surface area (Å²) in [7, 11) is 3.78. The molecular weight excluding hydrogens is 352 g/mol. The summed E-state index contributed by atoms with van der Waals surface area (Å²) in [6.45, 7) is 14.5. The zero-order chi connectivity index (χ0) is 20.5. The molecule has 0 radical (unpaired) electrons. The van der Waals surface area contributed by atoms with E-state index in [2.05, 4.69) is 48.3 Å². The number of rotatable bonds is 9. The molecule has 1 saturated heterocycles. The Labute approximate surface area is 170 Å². The van der Waals surface area contributed by atoms with Crippen LogP contribution in [0.1, 0.15) is 43.6 Å². The third-order valence-corrected chi connectivity index (χ3v) is 5.72. The van der Waals surface area contributed by atoms with Gasteiger partial charge in [0.1, 0.15) is 0 Å². The number of likely N-dealkylation sites (tertiary alicyclic amines) is 1. The number of piperidine rings is 1. The number of nitrogens with one attached hydrogen (secondary N) is 2. The van der Waals surface area contributed by atoms with Crippen LogP contribution < -0.4 is 10.6 Å².